The highest BCUT2D eigenvalue weighted by Crippen LogP contribution is 2.33. The largest absolute Gasteiger partial charge is 0.495 e. The van der Waals surface area contributed by atoms with Crippen molar-refractivity contribution in [3.05, 3.63) is 87.9 Å². The minimum Gasteiger partial charge on any atom is -0.495 e. The highest BCUT2D eigenvalue weighted by Gasteiger charge is 2.34. The van der Waals surface area contributed by atoms with E-state index >= 15 is 0 Å². The molecule has 3 rings (SSSR count). The first kappa shape index (κ1) is 32.2. The minimum atomic E-state index is -4.24. The smallest absolute Gasteiger partial charge is 0.264 e. The van der Waals surface area contributed by atoms with Gasteiger partial charge in [-0.05, 0) is 63.6 Å². The maximum atomic E-state index is 14.1. The number of carbonyl (C=O) groups is 2. The van der Waals surface area contributed by atoms with Gasteiger partial charge in [0, 0.05) is 28.2 Å². The van der Waals surface area contributed by atoms with Gasteiger partial charge in [-0.2, -0.15) is 0 Å². The molecule has 8 nitrogen and oxygen atoms in total. The Morgan fingerprint density at radius 1 is 0.951 bits per heavy atom. The topological polar surface area (TPSA) is 96.0 Å². The number of sulfonamides is 1. The molecule has 1 N–H and O–H groups in total. The molecule has 0 aliphatic rings. The highest BCUT2D eigenvalue weighted by atomic mass is 35.5. The van der Waals surface area contributed by atoms with Crippen LogP contribution in [0.5, 0.6) is 5.75 Å². The number of nitrogens with zero attached hydrogens (tertiary/aromatic N) is 2. The molecule has 0 heterocycles. The summed E-state index contributed by atoms with van der Waals surface area (Å²) in [5.41, 5.74) is 1.50. The van der Waals surface area contributed by atoms with E-state index in [0.717, 1.165) is 9.87 Å². The molecule has 0 aliphatic carbocycles. The van der Waals surface area contributed by atoms with Crippen LogP contribution in [0, 0.1) is 6.92 Å². The zero-order valence-corrected chi connectivity index (χ0v) is 26.1. The third kappa shape index (κ3) is 7.72. The van der Waals surface area contributed by atoms with Gasteiger partial charge in [-0.1, -0.05) is 66.0 Å². The van der Waals surface area contributed by atoms with Crippen LogP contribution in [0.4, 0.5) is 5.69 Å². The number of hydrogen-bond acceptors (Lipinski definition) is 5. The molecule has 2 amide bonds. The summed E-state index contributed by atoms with van der Waals surface area (Å²) in [4.78, 5) is 28.6. The highest BCUT2D eigenvalue weighted by molar-refractivity contribution is 7.92. The Labute approximate surface area is 252 Å². The number of benzene rings is 3. The van der Waals surface area contributed by atoms with Crippen LogP contribution in [-0.4, -0.2) is 50.9 Å². The summed E-state index contributed by atoms with van der Waals surface area (Å²) in [6.07, 6.45) is 0.694. The van der Waals surface area contributed by atoms with Crippen LogP contribution in [0.25, 0.3) is 0 Å². The lowest BCUT2D eigenvalue weighted by atomic mass is 10.1. The van der Waals surface area contributed by atoms with Crippen molar-refractivity contribution in [2.24, 2.45) is 0 Å². The Morgan fingerprint density at radius 3 is 2.15 bits per heavy atom. The standard InChI is InChI=1S/C30H35Cl2N3O5S/c1-6-21(3)33-30(37)22(4)34(18-24-25(31)10-9-11-26(24)32)29(36)19-35(27-12-7-8-13-28(27)40-5)41(38,39)23-16-14-20(2)15-17-23/h7-17,21-22H,6,18-19H2,1-5H3,(H,33,37)/t21-,22-/m1/s1. The van der Waals surface area contributed by atoms with Crippen molar-refractivity contribution in [3.8, 4) is 5.75 Å². The van der Waals surface area contributed by atoms with Crippen molar-refractivity contribution in [1.29, 1.82) is 0 Å². The summed E-state index contributed by atoms with van der Waals surface area (Å²) < 4.78 is 34.5. The number of methoxy groups -OCH3 is 1. The second-order valence-corrected chi connectivity index (χ2v) is 12.4. The molecule has 0 aliphatic heterocycles. The Morgan fingerprint density at radius 2 is 1.56 bits per heavy atom. The van der Waals surface area contributed by atoms with E-state index in [-0.39, 0.29) is 34.8 Å². The first-order chi connectivity index (χ1) is 19.4. The lowest BCUT2D eigenvalue weighted by Gasteiger charge is -2.33. The number of rotatable bonds is 12. The number of halogens is 2. The van der Waals surface area contributed by atoms with Gasteiger partial charge in [0.25, 0.3) is 10.0 Å². The van der Waals surface area contributed by atoms with E-state index < -0.39 is 28.5 Å². The van der Waals surface area contributed by atoms with E-state index in [1.54, 1.807) is 61.5 Å². The Bertz CT molecular complexity index is 1460. The molecule has 41 heavy (non-hydrogen) atoms. The average molecular weight is 621 g/mol. The summed E-state index contributed by atoms with van der Waals surface area (Å²) >= 11 is 12.9. The molecule has 0 fully saturated rings. The van der Waals surface area contributed by atoms with Gasteiger partial charge in [-0.3, -0.25) is 13.9 Å². The number of ether oxygens (including phenoxy) is 1. The van der Waals surface area contributed by atoms with Crippen molar-refractivity contribution in [2.75, 3.05) is 18.0 Å². The van der Waals surface area contributed by atoms with Gasteiger partial charge in [-0.15, -0.1) is 0 Å². The van der Waals surface area contributed by atoms with Gasteiger partial charge in [0.1, 0.15) is 18.3 Å². The van der Waals surface area contributed by atoms with Gasteiger partial charge in [-0.25, -0.2) is 8.42 Å². The molecule has 0 saturated heterocycles. The molecule has 3 aromatic rings. The predicted octanol–water partition coefficient (Wildman–Crippen LogP) is 5.84. The van der Waals surface area contributed by atoms with Crippen LogP contribution in [0.1, 0.15) is 38.3 Å². The first-order valence-corrected chi connectivity index (χ1v) is 15.3. The zero-order chi connectivity index (χ0) is 30.3. The quantitative estimate of drug-likeness (QED) is 0.275. The lowest BCUT2D eigenvalue weighted by molar-refractivity contribution is -0.139. The van der Waals surface area contributed by atoms with E-state index in [4.69, 9.17) is 27.9 Å². The second-order valence-electron chi connectivity index (χ2n) is 9.71. The Kier molecular flexibility index (Phi) is 11.1. The van der Waals surface area contributed by atoms with E-state index in [2.05, 4.69) is 5.32 Å². The third-order valence-electron chi connectivity index (χ3n) is 6.80. The summed E-state index contributed by atoms with van der Waals surface area (Å²) in [6.45, 7) is 6.50. The van der Waals surface area contributed by atoms with Crippen LogP contribution in [-0.2, 0) is 26.2 Å². The molecule has 0 radical (unpaired) electrons. The van der Waals surface area contributed by atoms with Crippen molar-refractivity contribution in [1.82, 2.24) is 10.2 Å². The maximum Gasteiger partial charge on any atom is 0.264 e. The van der Waals surface area contributed by atoms with Crippen molar-refractivity contribution < 1.29 is 22.7 Å². The number of anilines is 1. The summed E-state index contributed by atoms with van der Waals surface area (Å²) in [7, 11) is -2.82. The third-order valence-corrected chi connectivity index (χ3v) is 9.28. The van der Waals surface area contributed by atoms with Gasteiger partial charge in [0.15, 0.2) is 0 Å². The van der Waals surface area contributed by atoms with Crippen molar-refractivity contribution in [3.63, 3.8) is 0 Å². The predicted molar refractivity (Wildman–Crippen MR) is 163 cm³/mol. The fourth-order valence-electron chi connectivity index (χ4n) is 4.09. The molecule has 0 aromatic heterocycles. The average Bonchev–Trinajstić information content (AvgIpc) is 2.95. The number of para-hydroxylation sites is 2. The molecular formula is C30H35Cl2N3O5S. The molecule has 220 valence electrons. The van der Waals surface area contributed by atoms with Crippen LogP contribution in [0.15, 0.2) is 71.6 Å². The minimum absolute atomic E-state index is 0.00469. The Balaban J connectivity index is 2.10. The van der Waals surface area contributed by atoms with E-state index in [0.29, 0.717) is 22.0 Å². The van der Waals surface area contributed by atoms with Crippen LogP contribution >= 0.6 is 23.2 Å². The molecular weight excluding hydrogens is 585 g/mol. The van der Waals surface area contributed by atoms with Crippen LogP contribution < -0.4 is 14.4 Å². The van der Waals surface area contributed by atoms with Gasteiger partial charge in [0.2, 0.25) is 11.8 Å². The maximum absolute atomic E-state index is 14.1. The van der Waals surface area contributed by atoms with Crippen LogP contribution in [0.3, 0.4) is 0 Å². The molecule has 11 heteroatoms. The lowest BCUT2D eigenvalue weighted by Crippen LogP contribution is -2.52. The molecule has 0 spiro atoms. The van der Waals surface area contributed by atoms with Crippen LogP contribution in [0.2, 0.25) is 10.0 Å². The van der Waals surface area contributed by atoms with Gasteiger partial charge < -0.3 is 15.0 Å². The van der Waals surface area contributed by atoms with Crippen molar-refractivity contribution in [2.45, 2.75) is 57.6 Å². The fraction of sp³-hybridized carbons (Fsp3) is 0.333. The normalized spacial score (nSPS) is 12.8. The SMILES string of the molecule is CC[C@@H](C)NC(=O)[C@@H](C)N(Cc1c(Cl)cccc1Cl)C(=O)CN(c1ccccc1OC)S(=O)(=O)c1ccc(C)cc1. The first-order valence-electron chi connectivity index (χ1n) is 13.2. The summed E-state index contributed by atoms with van der Waals surface area (Å²) in [5.74, 6) is -0.755. The number of amides is 2. The fourth-order valence-corrected chi connectivity index (χ4v) is 6.03. The van der Waals surface area contributed by atoms with Gasteiger partial charge in [0.05, 0.1) is 17.7 Å². The summed E-state index contributed by atoms with van der Waals surface area (Å²) in [5, 5.41) is 3.53. The second kappa shape index (κ2) is 14.1. The molecule has 3 aromatic carbocycles. The summed E-state index contributed by atoms with van der Waals surface area (Å²) in [6, 6.07) is 16.7. The number of carbonyl (C=O) groups excluding carboxylic acids is 2. The monoisotopic (exact) mass is 619 g/mol. The Hall–Kier alpha value is -3.27. The number of nitrogens with one attached hydrogen (secondary N) is 1. The van der Waals surface area contributed by atoms with Gasteiger partial charge >= 0.3 is 0 Å². The zero-order valence-electron chi connectivity index (χ0n) is 23.7. The van der Waals surface area contributed by atoms with Crippen molar-refractivity contribution >= 4 is 50.7 Å². The van der Waals surface area contributed by atoms with E-state index in [1.165, 1.54) is 24.1 Å². The molecule has 0 saturated carbocycles. The molecule has 2 atom stereocenters. The number of aryl methyl sites for hydroxylation is 1. The number of hydrogen-bond donors (Lipinski definition) is 1. The molecule has 0 unspecified atom stereocenters. The van der Waals surface area contributed by atoms with E-state index in [1.807, 2.05) is 20.8 Å². The molecule has 0 bridgehead atoms. The van der Waals surface area contributed by atoms with E-state index in [9.17, 15) is 18.0 Å².